The zero-order valence-electron chi connectivity index (χ0n) is 5.95. The summed E-state index contributed by atoms with van der Waals surface area (Å²) in [6, 6.07) is 6.15. The van der Waals surface area contributed by atoms with Crippen LogP contribution in [0.5, 0.6) is 0 Å². The second-order valence-corrected chi connectivity index (χ2v) is 3.12. The summed E-state index contributed by atoms with van der Waals surface area (Å²) in [6.07, 6.45) is 0. The quantitative estimate of drug-likeness (QED) is 0.741. The SMILES string of the molecule is FCC(F)(F)c1c[c]c(Br)cc1. The van der Waals surface area contributed by atoms with Crippen molar-refractivity contribution < 1.29 is 13.2 Å². The minimum atomic E-state index is -3.39. The predicted molar refractivity (Wildman–Crippen MR) is 42.8 cm³/mol. The highest BCUT2D eigenvalue weighted by atomic mass is 79.9. The van der Waals surface area contributed by atoms with Gasteiger partial charge in [-0.2, -0.15) is 8.78 Å². The minimum Gasteiger partial charge on any atom is -0.244 e. The zero-order chi connectivity index (χ0) is 9.19. The average molecular weight is 238 g/mol. The third-order valence-corrected chi connectivity index (χ3v) is 1.86. The summed E-state index contributed by atoms with van der Waals surface area (Å²) in [5.41, 5.74) is -0.354. The van der Waals surface area contributed by atoms with E-state index in [2.05, 4.69) is 22.0 Å². The Bertz CT molecular complexity index is 256. The van der Waals surface area contributed by atoms with Crippen molar-refractivity contribution in [3.8, 4) is 0 Å². The Morgan fingerprint density at radius 2 is 2.08 bits per heavy atom. The van der Waals surface area contributed by atoms with Gasteiger partial charge in [-0.05, 0) is 18.2 Å². The maximum absolute atomic E-state index is 12.6. The Balaban J connectivity index is 2.96. The van der Waals surface area contributed by atoms with Gasteiger partial charge in [0.25, 0.3) is 0 Å². The van der Waals surface area contributed by atoms with Gasteiger partial charge in [0, 0.05) is 10.0 Å². The molecule has 0 amide bonds. The number of halogens is 4. The van der Waals surface area contributed by atoms with Gasteiger partial charge in [-0.3, -0.25) is 0 Å². The van der Waals surface area contributed by atoms with E-state index in [4.69, 9.17) is 0 Å². The molecular weight excluding hydrogens is 233 g/mol. The maximum atomic E-state index is 12.6. The molecule has 65 valence electrons. The largest absolute Gasteiger partial charge is 0.301 e. The molecule has 0 spiro atoms. The van der Waals surface area contributed by atoms with Crippen LogP contribution in [-0.2, 0) is 5.92 Å². The molecule has 0 bridgehead atoms. The Labute approximate surface area is 76.5 Å². The van der Waals surface area contributed by atoms with Crippen molar-refractivity contribution in [2.75, 3.05) is 6.67 Å². The highest BCUT2D eigenvalue weighted by Crippen LogP contribution is 2.28. The highest BCUT2D eigenvalue weighted by molar-refractivity contribution is 9.10. The molecular formula is C8H5BrF3. The summed E-state index contributed by atoms with van der Waals surface area (Å²) in [5.74, 6) is -3.39. The second kappa shape index (κ2) is 3.47. The van der Waals surface area contributed by atoms with E-state index in [1.807, 2.05) is 0 Å². The van der Waals surface area contributed by atoms with Gasteiger partial charge >= 0.3 is 5.92 Å². The molecule has 0 aliphatic heterocycles. The van der Waals surface area contributed by atoms with Crippen molar-refractivity contribution in [2.24, 2.45) is 0 Å². The van der Waals surface area contributed by atoms with E-state index in [9.17, 15) is 13.2 Å². The maximum Gasteiger partial charge on any atom is 0.301 e. The Morgan fingerprint density at radius 1 is 1.42 bits per heavy atom. The molecule has 0 aliphatic rings. The zero-order valence-corrected chi connectivity index (χ0v) is 7.54. The molecule has 0 aliphatic carbocycles. The van der Waals surface area contributed by atoms with Crippen LogP contribution >= 0.6 is 15.9 Å². The van der Waals surface area contributed by atoms with E-state index in [-0.39, 0.29) is 5.56 Å². The summed E-state index contributed by atoms with van der Waals surface area (Å²) in [7, 11) is 0. The van der Waals surface area contributed by atoms with Crippen molar-refractivity contribution in [2.45, 2.75) is 5.92 Å². The Hall–Kier alpha value is -0.510. The first-order valence-electron chi connectivity index (χ1n) is 3.18. The Kier molecular flexibility index (Phi) is 2.77. The van der Waals surface area contributed by atoms with E-state index in [0.717, 1.165) is 6.07 Å². The predicted octanol–water partition coefficient (Wildman–Crippen LogP) is 3.31. The number of alkyl halides is 3. The molecule has 1 aromatic rings. The van der Waals surface area contributed by atoms with Crippen LogP contribution in [-0.4, -0.2) is 6.67 Å². The van der Waals surface area contributed by atoms with Crippen molar-refractivity contribution in [1.29, 1.82) is 0 Å². The van der Waals surface area contributed by atoms with Gasteiger partial charge in [-0.25, -0.2) is 4.39 Å². The molecule has 0 fully saturated rings. The van der Waals surface area contributed by atoms with Crippen LogP contribution in [0.15, 0.2) is 22.7 Å². The molecule has 12 heavy (non-hydrogen) atoms. The van der Waals surface area contributed by atoms with Crippen LogP contribution < -0.4 is 0 Å². The van der Waals surface area contributed by atoms with Crippen molar-refractivity contribution in [3.63, 3.8) is 0 Å². The molecule has 1 radical (unpaired) electrons. The molecule has 4 heteroatoms. The third kappa shape index (κ3) is 2.00. The molecule has 0 N–H and O–H groups in total. The lowest BCUT2D eigenvalue weighted by Crippen LogP contribution is -2.15. The fourth-order valence-electron chi connectivity index (χ4n) is 0.711. The molecule has 0 atom stereocenters. The molecule has 0 heterocycles. The molecule has 0 saturated carbocycles. The van der Waals surface area contributed by atoms with Crippen LogP contribution in [0.3, 0.4) is 0 Å². The molecule has 0 saturated heterocycles. The monoisotopic (exact) mass is 237 g/mol. The van der Waals surface area contributed by atoms with Gasteiger partial charge < -0.3 is 0 Å². The first kappa shape index (κ1) is 9.58. The van der Waals surface area contributed by atoms with Crippen LogP contribution in [0.1, 0.15) is 5.56 Å². The van der Waals surface area contributed by atoms with E-state index in [1.54, 1.807) is 0 Å². The summed E-state index contributed by atoms with van der Waals surface area (Å²) in [4.78, 5) is 0. The molecule has 1 aromatic carbocycles. The lowest BCUT2D eigenvalue weighted by Gasteiger charge is -2.11. The number of hydrogen-bond acceptors (Lipinski definition) is 0. The van der Waals surface area contributed by atoms with Crippen LogP contribution in [0, 0.1) is 6.07 Å². The smallest absolute Gasteiger partial charge is 0.244 e. The molecule has 0 unspecified atom stereocenters. The van der Waals surface area contributed by atoms with Crippen LogP contribution in [0.4, 0.5) is 13.2 Å². The number of rotatable bonds is 2. The molecule has 0 nitrogen and oxygen atoms in total. The van der Waals surface area contributed by atoms with Crippen LogP contribution in [0.2, 0.25) is 0 Å². The standard InChI is InChI=1S/C8H5BrF3/c9-7-3-1-6(2-4-7)8(11,12)5-10/h1-3H,5H2. The third-order valence-electron chi connectivity index (χ3n) is 1.36. The van der Waals surface area contributed by atoms with Crippen LogP contribution in [0.25, 0.3) is 0 Å². The van der Waals surface area contributed by atoms with E-state index in [0.29, 0.717) is 4.47 Å². The van der Waals surface area contributed by atoms with Gasteiger partial charge in [0.2, 0.25) is 0 Å². The minimum absolute atomic E-state index is 0.354. The number of benzene rings is 1. The van der Waals surface area contributed by atoms with Crippen molar-refractivity contribution in [1.82, 2.24) is 0 Å². The fourth-order valence-corrected chi connectivity index (χ4v) is 0.957. The van der Waals surface area contributed by atoms with Gasteiger partial charge in [0.1, 0.15) is 0 Å². The van der Waals surface area contributed by atoms with Gasteiger partial charge in [0.05, 0.1) is 0 Å². The molecule has 1 rings (SSSR count). The highest BCUT2D eigenvalue weighted by Gasteiger charge is 2.31. The van der Waals surface area contributed by atoms with Gasteiger partial charge in [-0.1, -0.05) is 22.0 Å². The van der Waals surface area contributed by atoms with E-state index < -0.39 is 12.6 Å². The topological polar surface area (TPSA) is 0 Å². The van der Waals surface area contributed by atoms with Gasteiger partial charge in [-0.15, -0.1) is 0 Å². The second-order valence-electron chi connectivity index (χ2n) is 2.26. The first-order valence-corrected chi connectivity index (χ1v) is 3.97. The fraction of sp³-hybridized carbons (Fsp3) is 0.250. The summed E-state index contributed by atoms with van der Waals surface area (Å²) in [5, 5.41) is 0. The Morgan fingerprint density at radius 3 is 2.50 bits per heavy atom. The van der Waals surface area contributed by atoms with Crippen molar-refractivity contribution >= 4 is 15.9 Å². The normalized spacial score (nSPS) is 11.7. The van der Waals surface area contributed by atoms with Crippen molar-refractivity contribution in [3.05, 3.63) is 34.3 Å². The summed E-state index contributed by atoms with van der Waals surface area (Å²) < 4.78 is 37.6. The summed E-state index contributed by atoms with van der Waals surface area (Å²) in [6.45, 7) is -1.68. The number of hydrogen-bond donors (Lipinski definition) is 0. The molecule has 0 aromatic heterocycles. The lowest BCUT2D eigenvalue weighted by molar-refractivity contribution is -0.0281. The first-order chi connectivity index (χ1) is 5.56. The van der Waals surface area contributed by atoms with E-state index >= 15 is 0 Å². The van der Waals surface area contributed by atoms with Gasteiger partial charge in [0.15, 0.2) is 6.67 Å². The lowest BCUT2D eigenvalue weighted by atomic mass is 10.1. The summed E-state index contributed by atoms with van der Waals surface area (Å²) >= 11 is 3.04. The van der Waals surface area contributed by atoms with E-state index in [1.165, 1.54) is 12.1 Å². The average Bonchev–Trinajstić information content (AvgIpc) is 2.05.